The molecule has 2 aromatic rings. The summed E-state index contributed by atoms with van der Waals surface area (Å²) in [6.45, 7) is 1.93. The Labute approximate surface area is 105 Å². The summed E-state index contributed by atoms with van der Waals surface area (Å²) in [5.41, 5.74) is 2.55. The van der Waals surface area contributed by atoms with E-state index in [4.69, 9.17) is 11.2 Å². The molecular formula is C13H14N4O. The Hall–Kier alpha value is -1.93. The van der Waals surface area contributed by atoms with E-state index >= 15 is 0 Å². The number of hydrogen-bond acceptors (Lipinski definition) is 4. The standard InChI is InChI=1S/C13H14N4O/c1-3-4-10-5-6-11(18-10)17-8-16-12-9(2)14-7-15-13(12)17/h1,7-8,10-11H,4-6H2,2H3. The van der Waals surface area contributed by atoms with Gasteiger partial charge in [-0.1, -0.05) is 0 Å². The molecule has 0 bridgehead atoms. The summed E-state index contributed by atoms with van der Waals surface area (Å²) in [6, 6.07) is 0. The van der Waals surface area contributed by atoms with Gasteiger partial charge < -0.3 is 4.74 Å². The Bertz CT molecular complexity index is 613. The van der Waals surface area contributed by atoms with Gasteiger partial charge in [0.05, 0.1) is 18.1 Å². The maximum Gasteiger partial charge on any atom is 0.165 e. The van der Waals surface area contributed by atoms with E-state index in [1.165, 1.54) is 0 Å². The Kier molecular flexibility index (Phi) is 2.73. The minimum absolute atomic E-state index is 0.0114. The molecule has 0 spiro atoms. The fraction of sp³-hybridized carbons (Fsp3) is 0.462. The average Bonchev–Trinajstić information content (AvgIpc) is 2.96. The maximum atomic E-state index is 5.91. The first-order chi connectivity index (χ1) is 8.79. The summed E-state index contributed by atoms with van der Waals surface area (Å²) < 4.78 is 7.89. The van der Waals surface area contributed by atoms with E-state index in [1.807, 2.05) is 11.5 Å². The molecule has 0 N–H and O–H groups in total. The Balaban J connectivity index is 1.92. The molecule has 1 saturated heterocycles. The van der Waals surface area contributed by atoms with E-state index in [1.54, 1.807) is 12.7 Å². The van der Waals surface area contributed by atoms with Gasteiger partial charge in [0.15, 0.2) is 5.65 Å². The molecule has 2 aromatic heterocycles. The second-order valence-electron chi connectivity index (χ2n) is 4.48. The lowest BCUT2D eigenvalue weighted by Crippen LogP contribution is -2.10. The Morgan fingerprint density at radius 1 is 1.44 bits per heavy atom. The second-order valence-corrected chi connectivity index (χ2v) is 4.48. The van der Waals surface area contributed by atoms with Crippen LogP contribution in [-0.2, 0) is 4.74 Å². The fourth-order valence-corrected chi connectivity index (χ4v) is 2.35. The highest BCUT2D eigenvalue weighted by atomic mass is 16.5. The number of rotatable bonds is 2. The molecule has 92 valence electrons. The third-order valence-electron chi connectivity index (χ3n) is 3.28. The van der Waals surface area contributed by atoms with Crippen molar-refractivity contribution >= 4 is 11.2 Å². The maximum absolute atomic E-state index is 5.91. The molecule has 0 aliphatic carbocycles. The molecule has 1 aliphatic rings. The topological polar surface area (TPSA) is 52.8 Å². The monoisotopic (exact) mass is 242 g/mol. The molecule has 1 fully saturated rings. The van der Waals surface area contributed by atoms with Crippen molar-refractivity contribution in [1.29, 1.82) is 0 Å². The summed E-state index contributed by atoms with van der Waals surface area (Å²) in [5, 5.41) is 0. The number of nitrogens with zero attached hydrogens (tertiary/aromatic N) is 4. The van der Waals surface area contributed by atoms with Gasteiger partial charge in [-0.3, -0.25) is 4.57 Å². The van der Waals surface area contributed by atoms with Gasteiger partial charge in [-0.15, -0.1) is 12.3 Å². The third-order valence-corrected chi connectivity index (χ3v) is 3.28. The van der Waals surface area contributed by atoms with Crippen LogP contribution in [0, 0.1) is 19.3 Å². The van der Waals surface area contributed by atoms with E-state index in [0.29, 0.717) is 6.42 Å². The lowest BCUT2D eigenvalue weighted by Gasteiger charge is -2.13. The third kappa shape index (κ3) is 1.75. The van der Waals surface area contributed by atoms with Crippen molar-refractivity contribution < 1.29 is 4.74 Å². The van der Waals surface area contributed by atoms with Crippen LogP contribution in [0.4, 0.5) is 0 Å². The first-order valence-corrected chi connectivity index (χ1v) is 6.02. The van der Waals surface area contributed by atoms with Gasteiger partial charge in [-0.2, -0.15) is 0 Å². The lowest BCUT2D eigenvalue weighted by atomic mass is 10.2. The second kappa shape index (κ2) is 4.39. The van der Waals surface area contributed by atoms with E-state index < -0.39 is 0 Å². The quantitative estimate of drug-likeness (QED) is 0.754. The van der Waals surface area contributed by atoms with E-state index in [9.17, 15) is 0 Å². The smallest absolute Gasteiger partial charge is 0.165 e. The van der Waals surface area contributed by atoms with Crippen LogP contribution in [0.15, 0.2) is 12.7 Å². The number of terminal acetylenes is 1. The minimum atomic E-state index is -0.0114. The van der Waals surface area contributed by atoms with E-state index in [2.05, 4.69) is 20.9 Å². The molecule has 3 rings (SSSR count). The number of imidazole rings is 1. The number of aromatic nitrogens is 4. The molecule has 5 heteroatoms. The Morgan fingerprint density at radius 3 is 3.17 bits per heavy atom. The van der Waals surface area contributed by atoms with Crippen LogP contribution in [0.5, 0.6) is 0 Å². The molecule has 0 radical (unpaired) electrons. The summed E-state index contributed by atoms with van der Waals surface area (Å²) >= 11 is 0. The average molecular weight is 242 g/mol. The van der Waals surface area contributed by atoms with Crippen LogP contribution in [0.2, 0.25) is 0 Å². The molecule has 0 amide bonds. The van der Waals surface area contributed by atoms with Gasteiger partial charge in [-0.05, 0) is 19.8 Å². The zero-order valence-corrected chi connectivity index (χ0v) is 10.2. The van der Waals surface area contributed by atoms with Crippen molar-refractivity contribution in [3.63, 3.8) is 0 Å². The van der Waals surface area contributed by atoms with Crippen molar-refractivity contribution in [3.05, 3.63) is 18.3 Å². The summed E-state index contributed by atoms with van der Waals surface area (Å²) in [4.78, 5) is 12.8. The largest absolute Gasteiger partial charge is 0.354 e. The van der Waals surface area contributed by atoms with Crippen molar-refractivity contribution in [2.45, 2.75) is 38.5 Å². The van der Waals surface area contributed by atoms with Crippen LogP contribution in [0.25, 0.3) is 11.2 Å². The van der Waals surface area contributed by atoms with Gasteiger partial charge in [-0.25, -0.2) is 15.0 Å². The number of ether oxygens (including phenoxy) is 1. The predicted octanol–water partition coefficient (Wildman–Crippen LogP) is 1.84. The molecule has 18 heavy (non-hydrogen) atoms. The van der Waals surface area contributed by atoms with Crippen molar-refractivity contribution in [2.24, 2.45) is 0 Å². The van der Waals surface area contributed by atoms with Crippen LogP contribution in [-0.4, -0.2) is 25.6 Å². The molecule has 0 saturated carbocycles. The normalized spacial score (nSPS) is 23.3. The van der Waals surface area contributed by atoms with Crippen molar-refractivity contribution in [2.75, 3.05) is 0 Å². The predicted molar refractivity (Wildman–Crippen MR) is 66.7 cm³/mol. The zero-order chi connectivity index (χ0) is 12.5. The number of fused-ring (bicyclic) bond motifs is 1. The van der Waals surface area contributed by atoms with Gasteiger partial charge in [0.1, 0.15) is 18.1 Å². The van der Waals surface area contributed by atoms with Gasteiger partial charge in [0.2, 0.25) is 0 Å². The highest BCUT2D eigenvalue weighted by Gasteiger charge is 2.27. The molecule has 3 heterocycles. The van der Waals surface area contributed by atoms with Gasteiger partial charge >= 0.3 is 0 Å². The molecule has 5 nitrogen and oxygen atoms in total. The van der Waals surface area contributed by atoms with Crippen LogP contribution < -0.4 is 0 Å². The lowest BCUT2D eigenvalue weighted by molar-refractivity contribution is 0.00687. The van der Waals surface area contributed by atoms with Crippen molar-refractivity contribution in [3.8, 4) is 12.3 Å². The number of hydrogen-bond donors (Lipinski definition) is 0. The first-order valence-electron chi connectivity index (χ1n) is 6.02. The molecule has 1 aliphatic heterocycles. The van der Waals surface area contributed by atoms with Crippen LogP contribution >= 0.6 is 0 Å². The summed E-state index contributed by atoms with van der Waals surface area (Å²) in [5.74, 6) is 2.65. The Morgan fingerprint density at radius 2 is 2.33 bits per heavy atom. The fourth-order valence-electron chi connectivity index (χ4n) is 2.35. The molecule has 2 unspecified atom stereocenters. The SMILES string of the molecule is C#CCC1CCC(n2cnc3c(C)ncnc32)O1. The molecular weight excluding hydrogens is 228 g/mol. The minimum Gasteiger partial charge on any atom is -0.354 e. The van der Waals surface area contributed by atoms with E-state index in [-0.39, 0.29) is 12.3 Å². The highest BCUT2D eigenvalue weighted by Crippen LogP contribution is 2.31. The van der Waals surface area contributed by atoms with Crippen LogP contribution in [0.3, 0.4) is 0 Å². The number of aryl methyl sites for hydroxylation is 1. The first kappa shape index (κ1) is 11.2. The highest BCUT2D eigenvalue weighted by molar-refractivity contribution is 5.72. The van der Waals surface area contributed by atoms with Gasteiger partial charge in [0.25, 0.3) is 0 Å². The van der Waals surface area contributed by atoms with E-state index in [0.717, 1.165) is 29.7 Å². The summed E-state index contributed by atoms with van der Waals surface area (Å²) in [6.07, 6.45) is 11.4. The molecule has 0 aromatic carbocycles. The molecule has 2 atom stereocenters. The summed E-state index contributed by atoms with van der Waals surface area (Å²) in [7, 11) is 0. The van der Waals surface area contributed by atoms with Crippen molar-refractivity contribution in [1.82, 2.24) is 19.5 Å². The van der Waals surface area contributed by atoms with Crippen LogP contribution in [0.1, 0.15) is 31.2 Å². The van der Waals surface area contributed by atoms with Gasteiger partial charge in [0, 0.05) is 6.42 Å². The zero-order valence-electron chi connectivity index (χ0n) is 10.2.